The molecule has 0 fully saturated rings. The molecule has 1 radical (unpaired) electrons. The van der Waals surface area contributed by atoms with Gasteiger partial charge >= 0.3 is 0 Å². The zero-order valence-electron chi connectivity index (χ0n) is 3.81. The van der Waals surface area contributed by atoms with Gasteiger partial charge in [0.05, 0.1) is 11.9 Å². The molecule has 0 aromatic carbocycles. The van der Waals surface area contributed by atoms with E-state index in [0.29, 0.717) is 0 Å². The Morgan fingerprint density at radius 3 is 2.71 bits per heavy atom. The van der Waals surface area contributed by atoms with Gasteiger partial charge in [-0.2, -0.15) is 5.26 Å². The lowest BCUT2D eigenvalue weighted by molar-refractivity contribution is 0.986. The Balaban J connectivity index is 3.02. The van der Waals surface area contributed by atoms with Crippen LogP contribution in [-0.4, -0.2) is 0 Å². The first-order valence-electron chi connectivity index (χ1n) is 1.69. The van der Waals surface area contributed by atoms with Gasteiger partial charge in [-0.25, -0.2) is 0 Å². The average Bonchev–Trinajstić information content (AvgIpc) is 1.61. The number of nitrogens with one attached hydrogen (secondary N) is 1. The molecule has 0 aliphatic rings. The first-order valence-corrected chi connectivity index (χ1v) is 1.69. The number of nitriles is 1. The van der Waals surface area contributed by atoms with Crippen LogP contribution >= 0.6 is 0 Å². The van der Waals surface area contributed by atoms with Crippen molar-refractivity contribution >= 4 is 0 Å². The van der Waals surface area contributed by atoms with Gasteiger partial charge in [-0.05, 0) is 0 Å². The Morgan fingerprint density at radius 1 is 2.00 bits per heavy atom. The number of nitrogens with zero attached hydrogens (tertiary/aromatic N) is 1. The maximum atomic E-state index is 7.85. The molecule has 7 heavy (non-hydrogen) atoms. The van der Waals surface area contributed by atoms with E-state index in [0.717, 1.165) is 6.54 Å². The fourth-order valence-corrected chi connectivity index (χ4v) is 0.125. The van der Waals surface area contributed by atoms with Gasteiger partial charge in [-0.1, -0.05) is 6.58 Å². The second-order valence-electron chi connectivity index (χ2n) is 0.943. The molecule has 3 nitrogen and oxygen atoms in total. The van der Waals surface area contributed by atoms with Crippen molar-refractivity contribution in [3.63, 3.8) is 0 Å². The van der Waals surface area contributed by atoms with Crippen molar-refractivity contribution in [2.45, 2.75) is 0 Å². The lowest BCUT2D eigenvalue weighted by Gasteiger charge is -1.92. The zero-order chi connectivity index (χ0) is 5.70. The van der Waals surface area contributed by atoms with Crippen molar-refractivity contribution in [3.05, 3.63) is 18.9 Å². The molecule has 0 heterocycles. The van der Waals surface area contributed by atoms with Gasteiger partial charge in [-0.15, -0.1) is 0 Å². The molecule has 0 saturated carbocycles. The lowest BCUT2D eigenvalue weighted by atomic mass is 10.7. The molecule has 0 atom stereocenters. The van der Waals surface area contributed by atoms with Crippen LogP contribution < -0.4 is 11.1 Å². The molecule has 37 valence electrons. The Labute approximate surface area is 42.4 Å². The molecule has 0 rings (SSSR count). The summed E-state index contributed by atoms with van der Waals surface area (Å²) in [5.74, 6) is 0.279. The van der Waals surface area contributed by atoms with Gasteiger partial charge in [0, 0.05) is 0 Å². The molecule has 0 amide bonds. The quantitative estimate of drug-likeness (QED) is 0.495. The summed E-state index contributed by atoms with van der Waals surface area (Å²) in [6.45, 7) is 4.43. The second-order valence-corrected chi connectivity index (χ2v) is 0.943. The van der Waals surface area contributed by atoms with Gasteiger partial charge < -0.3 is 11.1 Å². The average molecular weight is 96.1 g/mol. The summed E-state index contributed by atoms with van der Waals surface area (Å²) in [5.41, 5.74) is 4.99. The van der Waals surface area contributed by atoms with E-state index in [1.807, 2.05) is 0 Å². The molecule has 3 heteroatoms. The fourth-order valence-electron chi connectivity index (χ4n) is 0.125. The summed E-state index contributed by atoms with van der Waals surface area (Å²) in [6.07, 6.45) is 0. The Morgan fingerprint density at radius 2 is 2.57 bits per heavy atom. The highest BCUT2D eigenvalue weighted by Crippen LogP contribution is 1.66. The molecular weight excluding hydrogens is 90.1 g/mol. The van der Waals surface area contributed by atoms with Gasteiger partial charge in [0.1, 0.15) is 6.54 Å². The van der Waals surface area contributed by atoms with Crippen LogP contribution in [-0.2, 0) is 0 Å². The van der Waals surface area contributed by atoms with Gasteiger partial charge in [-0.3, -0.25) is 0 Å². The van der Waals surface area contributed by atoms with Crippen molar-refractivity contribution < 1.29 is 0 Å². The summed E-state index contributed by atoms with van der Waals surface area (Å²) in [4.78, 5) is 0. The highest BCUT2D eigenvalue weighted by atomic mass is 15.0. The Hall–Kier alpha value is -1.17. The summed E-state index contributed by atoms with van der Waals surface area (Å²) < 4.78 is 0. The molecule has 0 aromatic heterocycles. The van der Waals surface area contributed by atoms with Crippen LogP contribution in [0.1, 0.15) is 0 Å². The molecule has 0 unspecified atom stereocenters. The number of rotatable bonds is 2. The van der Waals surface area contributed by atoms with E-state index in [9.17, 15) is 0 Å². The van der Waals surface area contributed by atoms with Crippen LogP contribution in [0.5, 0.6) is 0 Å². The first kappa shape index (κ1) is 5.83. The normalized spacial score (nSPS) is 6.71. The van der Waals surface area contributed by atoms with Crippen LogP contribution in [0.25, 0.3) is 0 Å². The summed E-state index contributed by atoms with van der Waals surface area (Å²) >= 11 is 0. The smallest absolute Gasteiger partial charge is 0.149 e. The van der Waals surface area contributed by atoms with Crippen molar-refractivity contribution in [1.82, 2.24) is 5.32 Å². The third-order valence-electron chi connectivity index (χ3n) is 0.322. The van der Waals surface area contributed by atoms with E-state index in [1.54, 1.807) is 6.07 Å². The van der Waals surface area contributed by atoms with Gasteiger partial charge in [0.15, 0.2) is 0 Å². The first-order chi connectivity index (χ1) is 3.27. The Kier molecular flexibility index (Phi) is 2.53. The molecular formula is C4H6N3. The molecule has 0 saturated heterocycles. The maximum Gasteiger partial charge on any atom is 0.149 e. The molecule has 0 spiro atoms. The largest absolute Gasteiger partial charge is 0.386 e. The number of hydrogen-bond acceptors (Lipinski definition) is 3. The van der Waals surface area contributed by atoms with Gasteiger partial charge in [0.2, 0.25) is 0 Å². The van der Waals surface area contributed by atoms with Gasteiger partial charge in [0.25, 0.3) is 0 Å². The minimum atomic E-state index is 0.279. The SMILES string of the molecule is C=C(N)N[CH]C#N. The van der Waals surface area contributed by atoms with E-state index in [-0.39, 0.29) is 5.82 Å². The van der Waals surface area contributed by atoms with Crippen LogP contribution in [0.4, 0.5) is 0 Å². The van der Waals surface area contributed by atoms with Crippen LogP contribution in [0, 0.1) is 17.9 Å². The predicted molar refractivity (Wildman–Crippen MR) is 26.4 cm³/mol. The van der Waals surface area contributed by atoms with E-state index in [2.05, 4.69) is 11.9 Å². The van der Waals surface area contributed by atoms with Crippen LogP contribution in [0.2, 0.25) is 0 Å². The van der Waals surface area contributed by atoms with Crippen molar-refractivity contribution in [3.8, 4) is 6.07 Å². The lowest BCUT2D eigenvalue weighted by Crippen LogP contribution is -2.14. The zero-order valence-corrected chi connectivity index (χ0v) is 3.81. The predicted octanol–water partition coefficient (Wildman–Crippen LogP) is -0.309. The maximum absolute atomic E-state index is 7.85. The van der Waals surface area contributed by atoms with E-state index in [4.69, 9.17) is 11.0 Å². The third kappa shape index (κ3) is 4.83. The van der Waals surface area contributed by atoms with E-state index in [1.165, 1.54) is 0 Å². The molecule has 0 bridgehead atoms. The third-order valence-corrected chi connectivity index (χ3v) is 0.322. The highest BCUT2D eigenvalue weighted by molar-refractivity contribution is 4.97. The molecule has 0 aliphatic carbocycles. The monoisotopic (exact) mass is 96.1 g/mol. The Bertz CT molecular complexity index is 100.0. The summed E-state index contributed by atoms with van der Waals surface area (Å²) in [6, 6.07) is 1.72. The molecule has 3 N–H and O–H groups in total. The number of nitrogens with two attached hydrogens (primary N) is 1. The van der Waals surface area contributed by atoms with Crippen molar-refractivity contribution in [1.29, 1.82) is 5.26 Å². The minimum Gasteiger partial charge on any atom is -0.386 e. The molecule has 0 aromatic rings. The van der Waals surface area contributed by atoms with Crippen LogP contribution in [0.3, 0.4) is 0 Å². The number of hydrogen-bond donors (Lipinski definition) is 2. The van der Waals surface area contributed by atoms with E-state index >= 15 is 0 Å². The minimum absolute atomic E-state index is 0.279. The summed E-state index contributed by atoms with van der Waals surface area (Å²) in [7, 11) is 0. The standard InChI is InChI=1S/C4H6N3/c1-4(6)7-3-2-5/h3,7H,1,6H2. The van der Waals surface area contributed by atoms with E-state index < -0.39 is 0 Å². The van der Waals surface area contributed by atoms with Crippen molar-refractivity contribution in [2.24, 2.45) is 5.73 Å². The van der Waals surface area contributed by atoms with Crippen LogP contribution in [0.15, 0.2) is 12.4 Å². The highest BCUT2D eigenvalue weighted by Gasteiger charge is 1.77. The summed E-state index contributed by atoms with van der Waals surface area (Å²) in [5, 5.41) is 10.2. The topological polar surface area (TPSA) is 61.8 Å². The second kappa shape index (κ2) is 3.04. The fraction of sp³-hybridized carbons (Fsp3) is 0. The van der Waals surface area contributed by atoms with Crippen molar-refractivity contribution in [2.75, 3.05) is 0 Å². The molecule has 0 aliphatic heterocycles.